The molecule has 4 nitrogen and oxygen atoms in total. The van der Waals surface area contributed by atoms with Gasteiger partial charge in [0.25, 0.3) is 0 Å². The van der Waals surface area contributed by atoms with Crippen molar-refractivity contribution in [2.75, 3.05) is 0 Å². The van der Waals surface area contributed by atoms with E-state index in [2.05, 4.69) is 328 Å². The molecule has 12 aromatic carbocycles. The van der Waals surface area contributed by atoms with Gasteiger partial charge in [-0.2, -0.15) is 0 Å². The summed E-state index contributed by atoms with van der Waals surface area (Å²) in [5.41, 5.74) is 26.5. The zero-order valence-corrected chi connectivity index (χ0v) is 48.5. The van der Waals surface area contributed by atoms with Crippen molar-refractivity contribution in [1.29, 1.82) is 0 Å². The summed E-state index contributed by atoms with van der Waals surface area (Å²) in [6.07, 6.45) is 0. The molecule has 1 aliphatic rings. The summed E-state index contributed by atoms with van der Waals surface area (Å²) in [6, 6.07) is 118. The van der Waals surface area contributed by atoms with Gasteiger partial charge in [-0.15, -0.1) is 0 Å². The van der Waals surface area contributed by atoms with E-state index in [0.717, 1.165) is 144 Å². The van der Waals surface area contributed by atoms with Crippen LogP contribution in [0, 0.1) is 0 Å². The Hall–Kier alpha value is -11.7. The summed E-state index contributed by atoms with van der Waals surface area (Å²) in [5.74, 6) is 0. The van der Waals surface area contributed by atoms with E-state index in [1.165, 1.54) is 22.3 Å². The Morgan fingerprint density at radius 3 is 0.921 bits per heavy atom. The molecular formula is C85H54N4. The maximum atomic E-state index is 5.67. The Balaban J connectivity index is 0.902. The van der Waals surface area contributed by atoms with Gasteiger partial charge >= 0.3 is 0 Å². The average Bonchev–Trinajstić information content (AvgIpc) is 1.57. The Kier molecular flexibility index (Phi) is 12.4. The lowest BCUT2D eigenvalue weighted by Gasteiger charge is -2.35. The van der Waals surface area contributed by atoms with Crippen LogP contribution in [-0.2, 0) is 5.41 Å². The zero-order chi connectivity index (χ0) is 58.8. The second-order valence-corrected chi connectivity index (χ2v) is 23.2. The van der Waals surface area contributed by atoms with Crippen LogP contribution >= 0.6 is 0 Å². The van der Waals surface area contributed by atoms with Gasteiger partial charge in [-0.25, -0.2) is 19.9 Å². The Morgan fingerprint density at radius 1 is 0.191 bits per heavy atom. The minimum Gasteiger partial charge on any atom is -0.245 e. The number of hydrogen-bond donors (Lipinski definition) is 0. The molecule has 16 aromatic rings. The maximum Gasteiger partial charge on any atom is 0.0978 e. The van der Waals surface area contributed by atoms with Gasteiger partial charge in [0.1, 0.15) is 0 Å². The molecule has 0 saturated carbocycles. The van der Waals surface area contributed by atoms with Crippen LogP contribution in [0.25, 0.3) is 144 Å². The van der Waals surface area contributed by atoms with Crippen LogP contribution in [0.15, 0.2) is 328 Å². The smallest absolute Gasteiger partial charge is 0.0978 e. The van der Waals surface area contributed by atoms with E-state index in [-0.39, 0.29) is 0 Å². The van der Waals surface area contributed by atoms with Crippen molar-refractivity contribution in [3.05, 3.63) is 350 Å². The van der Waals surface area contributed by atoms with Gasteiger partial charge in [0.05, 0.1) is 50.3 Å². The molecule has 4 aromatic heterocycles. The van der Waals surface area contributed by atoms with E-state index in [4.69, 9.17) is 19.9 Å². The fourth-order valence-corrected chi connectivity index (χ4v) is 13.8. The van der Waals surface area contributed by atoms with Crippen molar-refractivity contribution in [2.24, 2.45) is 0 Å². The van der Waals surface area contributed by atoms with Crippen molar-refractivity contribution in [3.8, 4) is 101 Å². The molecule has 0 atom stereocenters. The zero-order valence-electron chi connectivity index (χ0n) is 48.5. The lowest BCUT2D eigenvalue weighted by atomic mass is 9.66. The molecule has 0 amide bonds. The van der Waals surface area contributed by atoms with E-state index in [1.54, 1.807) is 0 Å². The van der Waals surface area contributed by atoms with Crippen LogP contribution in [0.5, 0.6) is 0 Å². The van der Waals surface area contributed by atoms with Gasteiger partial charge in [0.15, 0.2) is 0 Å². The predicted molar refractivity (Wildman–Crippen MR) is 368 cm³/mol. The molecule has 4 heterocycles. The van der Waals surface area contributed by atoms with Crippen LogP contribution in [0.2, 0.25) is 0 Å². The topological polar surface area (TPSA) is 51.6 Å². The van der Waals surface area contributed by atoms with Crippen molar-refractivity contribution in [3.63, 3.8) is 0 Å². The summed E-state index contributed by atoms with van der Waals surface area (Å²) in [7, 11) is 0. The number of nitrogens with zero attached hydrogens (tertiary/aromatic N) is 4. The van der Waals surface area contributed by atoms with Crippen LogP contribution in [0.3, 0.4) is 0 Å². The van der Waals surface area contributed by atoms with E-state index in [1.807, 2.05) is 0 Å². The monoisotopic (exact) mass is 1130 g/mol. The van der Waals surface area contributed by atoms with Crippen LogP contribution in [-0.4, -0.2) is 19.9 Å². The number of hydrogen-bond acceptors (Lipinski definition) is 4. The van der Waals surface area contributed by atoms with Gasteiger partial charge in [-0.1, -0.05) is 279 Å². The Bertz CT molecular complexity index is 5060. The summed E-state index contributed by atoms with van der Waals surface area (Å²) in [4.78, 5) is 22.3. The molecule has 0 unspecified atom stereocenters. The van der Waals surface area contributed by atoms with Crippen LogP contribution in [0.4, 0.5) is 0 Å². The highest BCUT2D eigenvalue weighted by molar-refractivity contribution is 6.11. The van der Waals surface area contributed by atoms with Crippen LogP contribution in [0.1, 0.15) is 22.3 Å². The highest BCUT2D eigenvalue weighted by Crippen LogP contribution is 2.58. The first kappa shape index (κ1) is 51.7. The molecule has 0 aliphatic heterocycles. The molecule has 1 aliphatic carbocycles. The second kappa shape index (κ2) is 21.4. The predicted octanol–water partition coefficient (Wildman–Crippen LogP) is 21.6. The average molecular weight is 1130 g/mol. The van der Waals surface area contributed by atoms with E-state index >= 15 is 0 Å². The molecule has 0 fully saturated rings. The van der Waals surface area contributed by atoms with Crippen molar-refractivity contribution in [2.45, 2.75) is 5.41 Å². The number of rotatable bonds is 10. The quantitative estimate of drug-likeness (QED) is 0.128. The fraction of sp³-hybridized carbons (Fsp3) is 0.0118. The summed E-state index contributed by atoms with van der Waals surface area (Å²) in [5, 5.41) is 4.18. The highest BCUT2D eigenvalue weighted by Gasteiger charge is 2.47. The lowest BCUT2D eigenvalue weighted by molar-refractivity contribution is 0.769. The van der Waals surface area contributed by atoms with Gasteiger partial charge in [0.2, 0.25) is 0 Å². The summed E-state index contributed by atoms with van der Waals surface area (Å²) < 4.78 is 0. The Labute approximate surface area is 516 Å². The lowest BCUT2D eigenvalue weighted by Crippen LogP contribution is -2.29. The molecular weight excluding hydrogens is 1080 g/mol. The number of aromatic nitrogens is 4. The molecule has 17 rings (SSSR count). The summed E-state index contributed by atoms with van der Waals surface area (Å²) in [6.45, 7) is 0. The highest BCUT2D eigenvalue weighted by atomic mass is 14.8. The molecule has 0 saturated heterocycles. The molecule has 0 bridgehead atoms. The third-order valence-corrected chi connectivity index (χ3v) is 18.1. The fourth-order valence-electron chi connectivity index (χ4n) is 13.8. The number of fused-ring (bicyclic) bond motifs is 9. The molecule has 0 radical (unpaired) electrons. The molecule has 0 N–H and O–H groups in total. The SMILES string of the molecule is c1ccc(-c2ccc3c(c2)C(c2cccc(-c4ccc5ccc6c(-c7ccccc7)cc(-c7ccccc7)nc6c5n4)c2)(c2cccc(-c4ccc5ccc6c(-c7ccccc7)cc(-c7ccccc7)nc6c5n4)c2)c2cc(-c4ccccc4)ccc2-3)cc1. The van der Waals surface area contributed by atoms with Gasteiger partial charge < -0.3 is 0 Å². The number of pyridine rings is 4. The first-order valence-electron chi connectivity index (χ1n) is 30.4. The standard InChI is InChI=1S/C85H54N4/c1-7-21-55(22-8-1)63-39-43-69-70-44-40-64(56-23-9-2-10-24-56)52-76(70)85(75(69)51-63,67-35-19-33-65(49-67)77-47-41-61-37-45-71-73(57-25-11-3-12-26-57)53-79(59-29-15-5-16-30-59)88-83(71)81(61)86-77)68-36-20-34-66(50-68)78-48-42-62-38-46-72-74(58-27-13-4-14-28-58)54-80(60-31-17-6-18-32-60)89-84(72)82(62)87-78/h1-54H. The second-order valence-electron chi connectivity index (χ2n) is 23.2. The van der Waals surface area contributed by atoms with E-state index < -0.39 is 5.41 Å². The van der Waals surface area contributed by atoms with Crippen molar-refractivity contribution < 1.29 is 0 Å². The van der Waals surface area contributed by atoms with Gasteiger partial charge in [-0.05, 0) is 126 Å². The van der Waals surface area contributed by atoms with Gasteiger partial charge in [-0.3, -0.25) is 0 Å². The third kappa shape index (κ3) is 8.83. The number of benzene rings is 12. The maximum absolute atomic E-state index is 5.67. The van der Waals surface area contributed by atoms with Gasteiger partial charge in [0, 0.05) is 43.8 Å². The van der Waals surface area contributed by atoms with Crippen molar-refractivity contribution in [1.82, 2.24) is 19.9 Å². The normalized spacial score (nSPS) is 12.4. The van der Waals surface area contributed by atoms with Crippen molar-refractivity contribution >= 4 is 43.6 Å². The molecule has 414 valence electrons. The first-order chi connectivity index (χ1) is 44.1. The largest absolute Gasteiger partial charge is 0.245 e. The minimum atomic E-state index is -0.840. The molecule has 0 spiro atoms. The third-order valence-electron chi connectivity index (χ3n) is 18.1. The Morgan fingerprint density at radius 2 is 0.528 bits per heavy atom. The molecule has 4 heteroatoms. The van der Waals surface area contributed by atoms with Crippen LogP contribution < -0.4 is 0 Å². The minimum absolute atomic E-state index is 0.840. The van der Waals surface area contributed by atoms with E-state index in [0.29, 0.717) is 0 Å². The molecule has 89 heavy (non-hydrogen) atoms. The van der Waals surface area contributed by atoms with E-state index in [9.17, 15) is 0 Å². The summed E-state index contributed by atoms with van der Waals surface area (Å²) >= 11 is 0. The first-order valence-corrected chi connectivity index (χ1v) is 30.4.